The molecule has 1 amide bonds. The van der Waals surface area contributed by atoms with Crippen molar-refractivity contribution in [2.75, 3.05) is 11.1 Å². The van der Waals surface area contributed by atoms with E-state index < -0.39 is 0 Å². The van der Waals surface area contributed by atoms with Crippen LogP contribution in [0.25, 0.3) is 0 Å². The summed E-state index contributed by atoms with van der Waals surface area (Å²) in [6.07, 6.45) is 2.45. The number of aryl methyl sites for hydroxylation is 1. The Balaban J connectivity index is 2.01. The van der Waals surface area contributed by atoms with E-state index in [2.05, 4.69) is 11.4 Å². The van der Waals surface area contributed by atoms with Gasteiger partial charge in [0.25, 0.3) is 0 Å². The van der Waals surface area contributed by atoms with Crippen molar-refractivity contribution in [2.24, 2.45) is 0 Å². The van der Waals surface area contributed by atoms with Crippen molar-refractivity contribution in [3.63, 3.8) is 0 Å². The second kappa shape index (κ2) is 5.36. The Bertz CT molecular complexity index is 457. The summed E-state index contributed by atoms with van der Waals surface area (Å²) in [4.78, 5) is 23.2. The second-order valence-corrected chi connectivity index (χ2v) is 5.24. The minimum absolute atomic E-state index is 0.0619. The van der Waals surface area contributed by atoms with Crippen LogP contribution < -0.4 is 5.32 Å². The molecule has 0 fully saturated rings. The highest BCUT2D eigenvalue weighted by Crippen LogP contribution is 2.32. The SMILES string of the molecule is CC(=O)CCCc1ccc2c(c1)SCC(=O)N2. The molecule has 0 aromatic heterocycles. The zero-order valence-electron chi connectivity index (χ0n) is 9.79. The largest absolute Gasteiger partial charge is 0.324 e. The number of anilines is 1. The van der Waals surface area contributed by atoms with Gasteiger partial charge in [-0.15, -0.1) is 11.8 Å². The van der Waals surface area contributed by atoms with E-state index in [4.69, 9.17) is 0 Å². The standard InChI is InChI=1S/C13H15NO2S/c1-9(15)3-2-4-10-5-6-11-12(7-10)17-8-13(16)14-11/h5-7H,2-4,8H2,1H3,(H,14,16). The van der Waals surface area contributed by atoms with Gasteiger partial charge in [-0.2, -0.15) is 0 Å². The summed E-state index contributed by atoms with van der Waals surface area (Å²) in [5, 5.41) is 2.85. The topological polar surface area (TPSA) is 46.2 Å². The van der Waals surface area contributed by atoms with E-state index in [1.165, 1.54) is 5.56 Å². The Morgan fingerprint density at radius 3 is 3.06 bits per heavy atom. The smallest absolute Gasteiger partial charge is 0.234 e. The summed E-state index contributed by atoms with van der Waals surface area (Å²) in [5.74, 6) is 0.792. The zero-order chi connectivity index (χ0) is 12.3. The number of carbonyl (C=O) groups excluding carboxylic acids is 2. The average Bonchev–Trinajstić information content (AvgIpc) is 2.29. The molecule has 1 aliphatic rings. The molecule has 4 heteroatoms. The van der Waals surface area contributed by atoms with Gasteiger partial charge in [0.2, 0.25) is 5.91 Å². The summed E-state index contributed by atoms with van der Waals surface area (Å²) < 4.78 is 0. The molecule has 0 bridgehead atoms. The van der Waals surface area contributed by atoms with Gasteiger partial charge in [-0.1, -0.05) is 6.07 Å². The Hall–Kier alpha value is -1.29. The summed E-state index contributed by atoms with van der Waals surface area (Å²) in [6, 6.07) is 6.08. The van der Waals surface area contributed by atoms with E-state index in [1.807, 2.05) is 12.1 Å². The molecule has 0 spiro atoms. The van der Waals surface area contributed by atoms with Gasteiger partial charge >= 0.3 is 0 Å². The first-order valence-corrected chi connectivity index (χ1v) is 6.69. The van der Waals surface area contributed by atoms with Gasteiger partial charge in [0.1, 0.15) is 5.78 Å². The number of rotatable bonds is 4. The van der Waals surface area contributed by atoms with Crippen LogP contribution in [0.15, 0.2) is 23.1 Å². The summed E-state index contributed by atoms with van der Waals surface area (Å²) in [5.41, 5.74) is 2.13. The molecule has 1 aliphatic heterocycles. The molecule has 3 nitrogen and oxygen atoms in total. The lowest BCUT2D eigenvalue weighted by Crippen LogP contribution is -2.18. The van der Waals surface area contributed by atoms with Crippen LogP contribution in [-0.4, -0.2) is 17.4 Å². The third-order valence-corrected chi connectivity index (χ3v) is 3.73. The maximum absolute atomic E-state index is 11.2. The lowest BCUT2D eigenvalue weighted by molar-refractivity contribution is -0.117. The van der Waals surface area contributed by atoms with Crippen molar-refractivity contribution in [1.82, 2.24) is 0 Å². The van der Waals surface area contributed by atoms with Gasteiger partial charge in [-0.05, 0) is 37.5 Å². The monoisotopic (exact) mass is 249 g/mol. The van der Waals surface area contributed by atoms with Gasteiger partial charge < -0.3 is 10.1 Å². The molecule has 17 heavy (non-hydrogen) atoms. The normalized spacial score (nSPS) is 14.1. The highest BCUT2D eigenvalue weighted by molar-refractivity contribution is 8.00. The number of Topliss-reactive ketones (excluding diaryl/α,β-unsaturated/α-hetero) is 1. The molecule has 0 saturated carbocycles. The van der Waals surface area contributed by atoms with Crippen LogP contribution in [0.3, 0.4) is 0 Å². The van der Waals surface area contributed by atoms with E-state index in [0.29, 0.717) is 12.2 Å². The average molecular weight is 249 g/mol. The molecule has 90 valence electrons. The minimum Gasteiger partial charge on any atom is -0.324 e. The fourth-order valence-electron chi connectivity index (χ4n) is 1.82. The van der Waals surface area contributed by atoms with Crippen molar-refractivity contribution in [3.05, 3.63) is 23.8 Å². The maximum atomic E-state index is 11.2. The summed E-state index contributed by atoms with van der Waals surface area (Å²) in [6.45, 7) is 1.62. The van der Waals surface area contributed by atoms with E-state index in [1.54, 1.807) is 18.7 Å². The Labute approximate surface area is 105 Å². The fraction of sp³-hybridized carbons (Fsp3) is 0.385. The number of hydrogen-bond donors (Lipinski definition) is 1. The zero-order valence-corrected chi connectivity index (χ0v) is 10.6. The predicted octanol–water partition coefficient (Wildman–Crippen LogP) is 2.64. The van der Waals surface area contributed by atoms with Crippen molar-refractivity contribution >= 4 is 29.1 Å². The molecular weight excluding hydrogens is 234 g/mol. The number of carbonyl (C=O) groups is 2. The van der Waals surface area contributed by atoms with E-state index >= 15 is 0 Å². The number of nitrogens with one attached hydrogen (secondary N) is 1. The number of fused-ring (bicyclic) bond motifs is 1. The van der Waals surface area contributed by atoms with E-state index in [-0.39, 0.29) is 11.7 Å². The number of amides is 1. The number of hydrogen-bond acceptors (Lipinski definition) is 3. The maximum Gasteiger partial charge on any atom is 0.234 e. The van der Waals surface area contributed by atoms with Crippen LogP contribution in [0.5, 0.6) is 0 Å². The summed E-state index contributed by atoms with van der Waals surface area (Å²) in [7, 11) is 0. The Morgan fingerprint density at radius 1 is 1.47 bits per heavy atom. The third-order valence-electron chi connectivity index (χ3n) is 2.67. The van der Waals surface area contributed by atoms with Crippen LogP contribution in [0.1, 0.15) is 25.3 Å². The van der Waals surface area contributed by atoms with Crippen molar-refractivity contribution in [1.29, 1.82) is 0 Å². The molecule has 2 rings (SSSR count). The lowest BCUT2D eigenvalue weighted by atomic mass is 10.1. The van der Waals surface area contributed by atoms with Crippen LogP contribution in [0.2, 0.25) is 0 Å². The number of benzene rings is 1. The molecular formula is C13H15NO2S. The van der Waals surface area contributed by atoms with Gasteiger partial charge in [-0.3, -0.25) is 4.79 Å². The van der Waals surface area contributed by atoms with E-state index in [0.717, 1.165) is 23.4 Å². The van der Waals surface area contributed by atoms with Crippen molar-refractivity contribution in [2.45, 2.75) is 31.1 Å². The van der Waals surface area contributed by atoms with Crippen LogP contribution in [0, 0.1) is 0 Å². The summed E-state index contributed by atoms with van der Waals surface area (Å²) >= 11 is 1.57. The molecule has 1 N–H and O–H groups in total. The fourth-order valence-corrected chi connectivity index (χ4v) is 2.68. The molecule has 0 unspecified atom stereocenters. The van der Waals surface area contributed by atoms with Gasteiger partial charge in [0.05, 0.1) is 11.4 Å². The Kier molecular flexibility index (Phi) is 3.84. The highest BCUT2D eigenvalue weighted by atomic mass is 32.2. The van der Waals surface area contributed by atoms with Crippen molar-refractivity contribution < 1.29 is 9.59 Å². The predicted molar refractivity (Wildman–Crippen MR) is 69.4 cm³/mol. The number of ketones is 1. The molecule has 0 aliphatic carbocycles. The molecule has 0 saturated heterocycles. The van der Waals surface area contributed by atoms with Crippen molar-refractivity contribution in [3.8, 4) is 0 Å². The van der Waals surface area contributed by atoms with Crippen LogP contribution in [0.4, 0.5) is 5.69 Å². The number of thioether (sulfide) groups is 1. The first-order valence-electron chi connectivity index (χ1n) is 5.70. The van der Waals surface area contributed by atoms with E-state index in [9.17, 15) is 9.59 Å². The molecule has 0 atom stereocenters. The third kappa shape index (κ3) is 3.33. The quantitative estimate of drug-likeness (QED) is 0.892. The molecule has 1 aromatic carbocycles. The van der Waals surface area contributed by atoms with Gasteiger partial charge in [0.15, 0.2) is 0 Å². The second-order valence-electron chi connectivity index (χ2n) is 4.22. The first-order chi connectivity index (χ1) is 8.15. The molecule has 0 radical (unpaired) electrons. The van der Waals surface area contributed by atoms with Crippen LogP contribution >= 0.6 is 11.8 Å². The van der Waals surface area contributed by atoms with Crippen LogP contribution in [-0.2, 0) is 16.0 Å². The Morgan fingerprint density at radius 2 is 2.29 bits per heavy atom. The van der Waals surface area contributed by atoms with Gasteiger partial charge in [-0.25, -0.2) is 0 Å². The first kappa shape index (κ1) is 12.2. The minimum atomic E-state index is 0.0619. The van der Waals surface area contributed by atoms with Gasteiger partial charge in [0, 0.05) is 11.3 Å². The molecule has 1 aromatic rings. The molecule has 1 heterocycles. The lowest BCUT2D eigenvalue weighted by Gasteiger charge is -2.16. The highest BCUT2D eigenvalue weighted by Gasteiger charge is 2.15.